The molecule has 1 unspecified atom stereocenters. The number of hydrogen-bond donors (Lipinski definition) is 9. The number of nitrogens with zero attached hydrogens (tertiary/aromatic N) is 9. The van der Waals surface area contributed by atoms with E-state index in [0.717, 1.165) is 10.9 Å². The zero-order valence-corrected chi connectivity index (χ0v) is 45.7. The van der Waals surface area contributed by atoms with Crippen LogP contribution in [0.15, 0.2) is 97.7 Å². The Bertz CT molecular complexity index is 4100. The van der Waals surface area contributed by atoms with Crippen LogP contribution >= 0.6 is 11.6 Å². The third-order valence-electron chi connectivity index (χ3n) is 13.6. The van der Waals surface area contributed by atoms with Gasteiger partial charge in [0.25, 0.3) is 35.4 Å². The lowest BCUT2D eigenvalue weighted by molar-refractivity contribution is -0.116. The highest BCUT2D eigenvalue weighted by Gasteiger charge is 2.36. The van der Waals surface area contributed by atoms with Gasteiger partial charge < -0.3 is 75.0 Å². The summed E-state index contributed by atoms with van der Waals surface area (Å²) in [6, 6.07) is 19.0. The number of rotatable bonds is 17. The lowest BCUT2D eigenvalue weighted by Crippen LogP contribution is -2.30. The van der Waals surface area contributed by atoms with Crippen molar-refractivity contribution in [1.82, 2.24) is 48.1 Å². The number of imidazole rings is 3. The third kappa shape index (κ3) is 11.1. The Morgan fingerprint density at radius 2 is 1.17 bits per heavy atom. The molecular weight excluding hydrogens is 1080 g/mol. The Kier molecular flexibility index (Phi) is 14.9. The first-order valence-electron chi connectivity index (χ1n) is 25.5. The van der Waals surface area contributed by atoms with Gasteiger partial charge in [-0.25, -0.2) is 15.0 Å². The number of phenolic OH excluding ortho intramolecular Hbond substituents is 1. The molecule has 0 radical (unpaired) electrons. The van der Waals surface area contributed by atoms with Crippen LogP contribution < -0.4 is 42.1 Å². The molecule has 9 aromatic rings. The fraction of sp³-hybridized carbons (Fsp3) is 0.218. The van der Waals surface area contributed by atoms with E-state index in [0.29, 0.717) is 45.6 Å². The number of alkyl halides is 1. The number of aromatic amines is 1. The molecule has 0 spiro atoms. The van der Waals surface area contributed by atoms with E-state index in [-0.39, 0.29) is 107 Å². The minimum Gasteiger partial charge on any atom is -0.507 e. The standard InChI is InChI=1S/C55H54ClN17O9/c1-28(74)58-42-25-71(5)48(63-42)53(80)67-44-27-72(6)49(65-44)54(81)66-43-26-70(4)47(64-43)52(79)57-16-10-15-45(76)59-30-17-39(68(2)23-30)50(77)60-31-18-40(69(3)24-31)51(78)62-36-14-9-13-35-34(36)19-37(61-35)55(82)73-22-29(21-56)46-33-12-8-7-11-32(33)41(75)20-38(46)73/h7-9,11-14,17-20,23-27,29,61,75H,10,15-16,21-22H2,1-6H3,(H,57,79)(H,58,74)(H,59,76)(H,60,77)(H,62,78)(H,66,81)(H,67,80). The highest BCUT2D eigenvalue weighted by molar-refractivity contribution is 6.20. The molecule has 0 saturated heterocycles. The second-order valence-electron chi connectivity index (χ2n) is 19.6. The maximum atomic E-state index is 14.2. The minimum absolute atomic E-state index is 0.00992. The highest BCUT2D eigenvalue weighted by atomic mass is 35.5. The average Bonchev–Trinajstić information content (AvgIpc) is 3.25. The minimum atomic E-state index is -0.677. The van der Waals surface area contributed by atoms with E-state index in [1.165, 1.54) is 55.9 Å². The van der Waals surface area contributed by atoms with Crippen LogP contribution in [0.4, 0.5) is 40.2 Å². The molecule has 3 aromatic carbocycles. The van der Waals surface area contributed by atoms with E-state index in [1.807, 2.05) is 24.3 Å². The molecule has 27 heteroatoms. The summed E-state index contributed by atoms with van der Waals surface area (Å²) >= 11 is 6.43. The molecule has 0 bridgehead atoms. The Morgan fingerprint density at radius 3 is 1.77 bits per heavy atom. The summed E-state index contributed by atoms with van der Waals surface area (Å²) in [6.45, 7) is 1.74. The third-order valence-corrected chi connectivity index (χ3v) is 14.0. The number of halogens is 1. The van der Waals surface area contributed by atoms with Crippen molar-refractivity contribution in [3.63, 3.8) is 0 Å². The number of H-pyrrole nitrogens is 1. The van der Waals surface area contributed by atoms with E-state index in [2.05, 4.69) is 57.2 Å². The summed E-state index contributed by atoms with van der Waals surface area (Å²) < 4.78 is 7.32. The molecule has 0 aliphatic carbocycles. The number of carbonyl (C=O) groups excluding carboxylic acids is 8. The molecule has 26 nitrogen and oxygen atoms in total. The Balaban J connectivity index is 0.690. The van der Waals surface area contributed by atoms with E-state index in [4.69, 9.17) is 11.6 Å². The van der Waals surface area contributed by atoms with Gasteiger partial charge >= 0.3 is 0 Å². The fourth-order valence-electron chi connectivity index (χ4n) is 9.86. The van der Waals surface area contributed by atoms with Gasteiger partial charge in [0.1, 0.15) is 22.8 Å². The fourth-order valence-corrected chi connectivity index (χ4v) is 10.1. The molecule has 0 saturated carbocycles. The number of aryl methyl sites for hydroxylation is 5. The van der Waals surface area contributed by atoms with Gasteiger partial charge in [0.2, 0.25) is 29.3 Å². The number of anilines is 7. The number of nitrogens with one attached hydrogen (secondary N) is 8. The SMILES string of the molecule is CC(=O)Nc1cn(C)c(C(=O)Nc2cn(C)c(C(=O)Nc3cn(C)c(C(=O)NCCCC(=O)Nc4cc(C(=O)Nc5cc(C(=O)Nc6cccc7[nH]c(C(=O)N8CC(CCl)c9c8cc(O)c8ccccc98)cc67)n(C)c5)n(C)c4)n3)n2)n1. The number of amides is 8. The first kappa shape index (κ1) is 54.8. The summed E-state index contributed by atoms with van der Waals surface area (Å²) in [4.78, 5) is 122. The maximum absolute atomic E-state index is 14.2. The van der Waals surface area contributed by atoms with Crippen molar-refractivity contribution >= 4 is 121 Å². The zero-order valence-electron chi connectivity index (χ0n) is 45.0. The molecule has 1 atom stereocenters. The Labute approximate surface area is 470 Å². The molecule has 420 valence electrons. The molecule has 1 aliphatic rings. The number of hydrogen-bond acceptors (Lipinski definition) is 12. The smallest absolute Gasteiger partial charge is 0.292 e. The van der Waals surface area contributed by atoms with E-state index in [9.17, 15) is 43.5 Å². The van der Waals surface area contributed by atoms with Gasteiger partial charge in [0, 0.05) is 127 Å². The normalized spacial score (nSPS) is 12.8. The lowest BCUT2D eigenvalue weighted by atomic mass is 9.95. The molecule has 6 aromatic heterocycles. The molecule has 9 N–H and O–H groups in total. The van der Waals surface area contributed by atoms with Gasteiger partial charge in [-0.2, -0.15) is 0 Å². The van der Waals surface area contributed by atoms with Crippen molar-refractivity contribution in [2.75, 3.05) is 55.8 Å². The van der Waals surface area contributed by atoms with Gasteiger partial charge in [-0.3, -0.25) is 38.4 Å². The van der Waals surface area contributed by atoms with Crippen LogP contribution in [0.2, 0.25) is 0 Å². The van der Waals surface area contributed by atoms with Gasteiger partial charge in [0.05, 0.1) is 22.7 Å². The number of aromatic hydroxyl groups is 1. The van der Waals surface area contributed by atoms with E-state index >= 15 is 0 Å². The van der Waals surface area contributed by atoms with Crippen molar-refractivity contribution in [2.45, 2.75) is 25.7 Å². The molecule has 7 heterocycles. The van der Waals surface area contributed by atoms with Crippen LogP contribution in [-0.2, 0) is 44.8 Å². The van der Waals surface area contributed by atoms with Gasteiger partial charge in [-0.05, 0) is 47.7 Å². The average molecular weight is 1130 g/mol. The molecular formula is C55H54ClN17O9. The summed E-state index contributed by atoms with van der Waals surface area (Å²) in [5, 5.41) is 31.9. The van der Waals surface area contributed by atoms with Crippen LogP contribution in [0.1, 0.15) is 94.6 Å². The predicted octanol–water partition coefficient (Wildman–Crippen LogP) is 6.00. The van der Waals surface area contributed by atoms with Crippen LogP contribution in [0, 0.1) is 0 Å². The van der Waals surface area contributed by atoms with Crippen LogP contribution in [0.25, 0.3) is 21.7 Å². The largest absolute Gasteiger partial charge is 0.507 e. The number of carbonyl (C=O) groups is 8. The second kappa shape index (κ2) is 22.3. The Morgan fingerprint density at radius 1 is 0.610 bits per heavy atom. The van der Waals surface area contributed by atoms with Crippen LogP contribution in [-0.4, -0.2) is 114 Å². The van der Waals surface area contributed by atoms with Crippen molar-refractivity contribution in [2.24, 2.45) is 35.2 Å². The monoisotopic (exact) mass is 1130 g/mol. The number of benzene rings is 3. The van der Waals surface area contributed by atoms with E-state index < -0.39 is 29.5 Å². The summed E-state index contributed by atoms with van der Waals surface area (Å²) in [5.41, 5.74) is 3.93. The van der Waals surface area contributed by atoms with E-state index in [1.54, 1.807) is 87.4 Å². The van der Waals surface area contributed by atoms with Gasteiger partial charge in [-0.15, -0.1) is 11.6 Å². The maximum Gasteiger partial charge on any atom is 0.292 e. The van der Waals surface area contributed by atoms with Crippen LogP contribution in [0.5, 0.6) is 5.75 Å². The molecule has 1 aliphatic heterocycles. The lowest BCUT2D eigenvalue weighted by Gasteiger charge is -2.17. The summed E-state index contributed by atoms with van der Waals surface area (Å²) in [6.07, 6.45) is 7.75. The number of fused-ring (bicyclic) bond motifs is 4. The molecule has 0 fully saturated rings. The topological polar surface area (TPSA) is 323 Å². The van der Waals surface area contributed by atoms with Crippen LogP contribution in [0.3, 0.4) is 0 Å². The number of aromatic nitrogens is 9. The molecule has 10 rings (SSSR count). The van der Waals surface area contributed by atoms with Gasteiger partial charge in [0.15, 0.2) is 17.5 Å². The van der Waals surface area contributed by atoms with Crippen molar-refractivity contribution < 1.29 is 43.5 Å². The quantitative estimate of drug-likeness (QED) is 0.0374. The molecule has 82 heavy (non-hydrogen) atoms. The number of phenols is 1. The highest BCUT2D eigenvalue weighted by Crippen LogP contribution is 2.46. The predicted molar refractivity (Wildman–Crippen MR) is 306 cm³/mol. The van der Waals surface area contributed by atoms with Crippen molar-refractivity contribution in [1.29, 1.82) is 0 Å². The Hall–Kier alpha value is -10.5. The first-order valence-corrected chi connectivity index (χ1v) is 26.0. The van der Waals surface area contributed by atoms with Crippen molar-refractivity contribution in [3.05, 3.63) is 138 Å². The summed E-state index contributed by atoms with van der Waals surface area (Å²) in [7, 11) is 7.99. The molecule has 8 amide bonds. The van der Waals surface area contributed by atoms with Crippen molar-refractivity contribution in [3.8, 4) is 5.75 Å². The summed E-state index contributed by atoms with van der Waals surface area (Å²) in [5.74, 6) is -3.54. The van der Waals surface area contributed by atoms with Gasteiger partial charge in [-0.1, -0.05) is 30.3 Å². The zero-order chi connectivity index (χ0) is 58.3. The first-order chi connectivity index (χ1) is 39.2. The second-order valence-corrected chi connectivity index (χ2v) is 19.9.